The first kappa shape index (κ1) is 12.4. The van der Waals surface area contributed by atoms with E-state index < -0.39 is 0 Å². The highest BCUT2D eigenvalue weighted by Gasteiger charge is 2.11. The van der Waals surface area contributed by atoms with Crippen molar-refractivity contribution < 1.29 is 4.74 Å². The Morgan fingerprint density at radius 2 is 2.13 bits per heavy atom. The summed E-state index contributed by atoms with van der Waals surface area (Å²) in [5, 5.41) is 1.05. The minimum Gasteiger partial charge on any atom is -0.383 e. The molecule has 1 aromatic rings. The van der Waals surface area contributed by atoms with E-state index in [1.807, 2.05) is 6.92 Å². The second-order valence-electron chi connectivity index (χ2n) is 3.41. The summed E-state index contributed by atoms with van der Waals surface area (Å²) in [6.07, 6.45) is 0. The lowest BCUT2D eigenvalue weighted by atomic mass is 10.4. The maximum Gasteiger partial charge on any atom is 0.185 e. The molecule has 1 heterocycles. The average Bonchev–Trinajstić information content (AvgIpc) is 2.54. The van der Waals surface area contributed by atoms with E-state index >= 15 is 0 Å². The lowest BCUT2D eigenvalue weighted by Crippen LogP contribution is -2.32. The van der Waals surface area contributed by atoms with Crippen LogP contribution in [0, 0.1) is 13.8 Å². The number of aryl methyl sites for hydroxylation is 2. The summed E-state index contributed by atoms with van der Waals surface area (Å²) in [7, 11) is 1.71. The van der Waals surface area contributed by atoms with Gasteiger partial charge in [0.05, 0.1) is 12.3 Å². The highest BCUT2D eigenvalue weighted by molar-refractivity contribution is 7.15. The van der Waals surface area contributed by atoms with Crippen molar-refractivity contribution in [2.24, 2.45) is 5.73 Å². The summed E-state index contributed by atoms with van der Waals surface area (Å²) < 4.78 is 5.07. The van der Waals surface area contributed by atoms with Gasteiger partial charge in [-0.15, -0.1) is 11.3 Å². The number of hydrogen-bond acceptors (Lipinski definition) is 5. The van der Waals surface area contributed by atoms with Gasteiger partial charge in [-0.25, -0.2) is 4.98 Å². The lowest BCUT2D eigenvalue weighted by molar-refractivity contribution is 0.205. The standard InChI is InChI=1S/C10H19N3OS/c1-8-9(2)15-10(12-8)13(5-4-11)6-7-14-3/h4-7,11H2,1-3H3. The third kappa shape index (κ3) is 3.44. The molecule has 1 aromatic heterocycles. The highest BCUT2D eigenvalue weighted by Crippen LogP contribution is 2.24. The molecular weight excluding hydrogens is 210 g/mol. The molecule has 2 N–H and O–H groups in total. The van der Waals surface area contributed by atoms with Crippen LogP contribution in [0.25, 0.3) is 0 Å². The third-order valence-corrected chi connectivity index (χ3v) is 3.39. The SMILES string of the molecule is COCCN(CCN)c1nc(C)c(C)s1. The van der Waals surface area contributed by atoms with Crippen molar-refractivity contribution in [2.75, 3.05) is 38.3 Å². The lowest BCUT2D eigenvalue weighted by Gasteiger charge is -2.20. The van der Waals surface area contributed by atoms with Gasteiger partial charge in [-0.05, 0) is 13.8 Å². The Labute approximate surface area is 95.1 Å². The molecule has 4 nitrogen and oxygen atoms in total. The molecule has 5 heteroatoms. The maximum absolute atomic E-state index is 5.58. The van der Waals surface area contributed by atoms with E-state index in [2.05, 4.69) is 16.8 Å². The molecule has 0 aliphatic carbocycles. The highest BCUT2D eigenvalue weighted by atomic mass is 32.1. The summed E-state index contributed by atoms with van der Waals surface area (Å²) >= 11 is 1.72. The molecule has 0 saturated heterocycles. The van der Waals surface area contributed by atoms with Crippen LogP contribution in [0.4, 0.5) is 5.13 Å². The first-order valence-electron chi connectivity index (χ1n) is 5.07. The Morgan fingerprint density at radius 3 is 2.60 bits per heavy atom. The van der Waals surface area contributed by atoms with Crippen LogP contribution in [0.5, 0.6) is 0 Å². The fraction of sp³-hybridized carbons (Fsp3) is 0.700. The monoisotopic (exact) mass is 229 g/mol. The van der Waals surface area contributed by atoms with E-state index in [0.717, 1.165) is 23.9 Å². The van der Waals surface area contributed by atoms with Crippen LogP contribution in [0.3, 0.4) is 0 Å². The van der Waals surface area contributed by atoms with Gasteiger partial charge in [0.15, 0.2) is 5.13 Å². The minimum atomic E-state index is 0.640. The molecule has 0 amide bonds. The van der Waals surface area contributed by atoms with Gasteiger partial charge in [-0.3, -0.25) is 0 Å². The molecule has 15 heavy (non-hydrogen) atoms. The molecular formula is C10H19N3OS. The van der Waals surface area contributed by atoms with Gasteiger partial charge in [0.2, 0.25) is 0 Å². The zero-order chi connectivity index (χ0) is 11.3. The number of ether oxygens (including phenoxy) is 1. The van der Waals surface area contributed by atoms with Crippen molar-refractivity contribution in [3.8, 4) is 0 Å². The Morgan fingerprint density at radius 1 is 1.40 bits per heavy atom. The van der Waals surface area contributed by atoms with Gasteiger partial charge in [-0.2, -0.15) is 0 Å². The summed E-state index contributed by atoms with van der Waals surface area (Å²) in [4.78, 5) is 7.96. The third-order valence-electron chi connectivity index (χ3n) is 2.25. The van der Waals surface area contributed by atoms with Crippen molar-refractivity contribution in [3.05, 3.63) is 10.6 Å². The predicted octanol–water partition coefficient (Wildman–Crippen LogP) is 1.17. The Kier molecular flexibility index (Phi) is 5.01. The zero-order valence-electron chi connectivity index (χ0n) is 9.62. The second kappa shape index (κ2) is 6.05. The quantitative estimate of drug-likeness (QED) is 0.795. The van der Waals surface area contributed by atoms with E-state index in [-0.39, 0.29) is 0 Å². The van der Waals surface area contributed by atoms with E-state index in [4.69, 9.17) is 10.5 Å². The van der Waals surface area contributed by atoms with E-state index in [9.17, 15) is 0 Å². The Hall–Kier alpha value is -0.650. The van der Waals surface area contributed by atoms with Gasteiger partial charge in [0, 0.05) is 31.6 Å². The van der Waals surface area contributed by atoms with Crippen LogP contribution in [0.1, 0.15) is 10.6 Å². The van der Waals surface area contributed by atoms with E-state index in [1.165, 1.54) is 4.88 Å². The van der Waals surface area contributed by atoms with Crippen molar-refractivity contribution in [1.29, 1.82) is 0 Å². The summed E-state index contributed by atoms with van der Waals surface area (Å²) in [5.74, 6) is 0. The van der Waals surface area contributed by atoms with E-state index in [0.29, 0.717) is 13.2 Å². The van der Waals surface area contributed by atoms with Crippen molar-refractivity contribution in [1.82, 2.24) is 4.98 Å². The maximum atomic E-state index is 5.58. The summed E-state index contributed by atoms with van der Waals surface area (Å²) in [6, 6.07) is 0. The van der Waals surface area contributed by atoms with Crippen LogP contribution in [-0.4, -0.2) is 38.3 Å². The minimum absolute atomic E-state index is 0.640. The van der Waals surface area contributed by atoms with Crippen LogP contribution < -0.4 is 10.6 Å². The molecule has 0 aliphatic heterocycles. The summed E-state index contributed by atoms with van der Waals surface area (Å²) in [5.41, 5.74) is 6.68. The first-order valence-corrected chi connectivity index (χ1v) is 5.88. The molecule has 0 atom stereocenters. The molecule has 0 unspecified atom stereocenters. The predicted molar refractivity (Wildman–Crippen MR) is 64.7 cm³/mol. The number of rotatable bonds is 6. The number of nitrogens with two attached hydrogens (primary N) is 1. The van der Waals surface area contributed by atoms with Gasteiger partial charge in [0.25, 0.3) is 0 Å². The smallest absolute Gasteiger partial charge is 0.185 e. The number of hydrogen-bond donors (Lipinski definition) is 1. The summed E-state index contributed by atoms with van der Waals surface area (Å²) in [6.45, 7) is 7.15. The largest absolute Gasteiger partial charge is 0.383 e. The number of nitrogens with zero attached hydrogens (tertiary/aromatic N) is 2. The number of methoxy groups -OCH3 is 1. The van der Waals surface area contributed by atoms with E-state index in [1.54, 1.807) is 18.4 Å². The van der Waals surface area contributed by atoms with Crippen molar-refractivity contribution >= 4 is 16.5 Å². The average molecular weight is 229 g/mol. The molecule has 0 aromatic carbocycles. The molecule has 0 spiro atoms. The van der Waals surface area contributed by atoms with Crippen LogP contribution in [-0.2, 0) is 4.74 Å². The Balaban J connectivity index is 2.69. The number of thiazole rings is 1. The topological polar surface area (TPSA) is 51.4 Å². The van der Waals surface area contributed by atoms with Gasteiger partial charge >= 0.3 is 0 Å². The van der Waals surface area contributed by atoms with Crippen LogP contribution in [0.2, 0.25) is 0 Å². The number of aromatic nitrogens is 1. The van der Waals surface area contributed by atoms with Crippen molar-refractivity contribution in [3.63, 3.8) is 0 Å². The van der Waals surface area contributed by atoms with Gasteiger partial charge < -0.3 is 15.4 Å². The molecule has 86 valence electrons. The molecule has 0 radical (unpaired) electrons. The molecule has 0 fully saturated rings. The van der Waals surface area contributed by atoms with Gasteiger partial charge in [-0.1, -0.05) is 0 Å². The van der Waals surface area contributed by atoms with Gasteiger partial charge in [0.1, 0.15) is 0 Å². The molecule has 1 rings (SSSR count). The molecule has 0 aliphatic rings. The number of anilines is 1. The fourth-order valence-corrected chi connectivity index (χ4v) is 2.21. The molecule has 0 saturated carbocycles. The van der Waals surface area contributed by atoms with Crippen molar-refractivity contribution in [2.45, 2.75) is 13.8 Å². The zero-order valence-corrected chi connectivity index (χ0v) is 10.4. The first-order chi connectivity index (χ1) is 7.19. The van der Waals surface area contributed by atoms with Crippen LogP contribution in [0.15, 0.2) is 0 Å². The second-order valence-corrected chi connectivity index (χ2v) is 4.59. The molecule has 0 bridgehead atoms. The Bertz CT molecular complexity index is 281. The van der Waals surface area contributed by atoms with Crippen LogP contribution >= 0.6 is 11.3 Å². The normalized spacial score (nSPS) is 10.7. The fourth-order valence-electron chi connectivity index (χ4n) is 1.25.